The zero-order chi connectivity index (χ0) is 34.3. The molecular weight excluding hydrogens is 641 g/mol. The van der Waals surface area contributed by atoms with Gasteiger partial charge in [-0.05, 0) is 48.9 Å². The fourth-order valence-corrected chi connectivity index (χ4v) is 7.92. The molecule has 4 aromatic heterocycles. The van der Waals surface area contributed by atoms with Crippen molar-refractivity contribution in [3.8, 4) is 39.9 Å². The molecule has 11 rings (SSSR count). The minimum Gasteiger partial charge on any atom is -0.456 e. The lowest BCUT2D eigenvalue weighted by molar-refractivity contribution is 0.666. The quantitative estimate of drug-likeness (QED) is 0.187. The number of hydrogen-bond donors (Lipinski definition) is 0. The van der Waals surface area contributed by atoms with Crippen LogP contribution in [0.5, 0.6) is 0 Å². The highest BCUT2D eigenvalue weighted by Crippen LogP contribution is 2.46. The molecule has 52 heavy (non-hydrogen) atoms. The van der Waals surface area contributed by atoms with Crippen LogP contribution in [0.4, 0.5) is 0 Å². The van der Waals surface area contributed by atoms with E-state index < -0.39 is 0 Å². The number of aryl methyl sites for hydroxylation is 1. The van der Waals surface area contributed by atoms with E-state index in [9.17, 15) is 0 Å². The first kappa shape index (κ1) is 28.8. The largest absolute Gasteiger partial charge is 0.456 e. The second-order valence-electron chi connectivity index (χ2n) is 13.2. The van der Waals surface area contributed by atoms with Crippen molar-refractivity contribution >= 4 is 65.7 Å². The van der Waals surface area contributed by atoms with Crippen LogP contribution in [0.15, 0.2) is 160 Å². The van der Waals surface area contributed by atoms with Crippen molar-refractivity contribution < 1.29 is 8.83 Å². The predicted octanol–water partition coefficient (Wildman–Crippen LogP) is 12.1. The molecule has 0 atom stereocenters. The van der Waals surface area contributed by atoms with E-state index in [4.69, 9.17) is 23.8 Å². The number of para-hydroxylation sites is 3. The highest BCUT2D eigenvalue weighted by molar-refractivity contribution is 6.28. The molecule has 0 N–H and O–H groups in total. The molecule has 0 unspecified atom stereocenters. The van der Waals surface area contributed by atoms with Gasteiger partial charge in [0.25, 0.3) is 0 Å². The van der Waals surface area contributed by atoms with E-state index in [1.807, 2.05) is 84.9 Å². The molecule has 0 fully saturated rings. The predicted molar refractivity (Wildman–Crippen MR) is 210 cm³/mol. The number of hydrogen-bond acceptors (Lipinski definition) is 5. The van der Waals surface area contributed by atoms with Crippen LogP contribution in [0.1, 0.15) is 5.56 Å². The summed E-state index contributed by atoms with van der Waals surface area (Å²) in [6.07, 6.45) is 0. The number of rotatable bonds is 4. The van der Waals surface area contributed by atoms with E-state index in [1.165, 1.54) is 0 Å². The zero-order valence-electron chi connectivity index (χ0n) is 28.0. The third-order valence-corrected chi connectivity index (χ3v) is 10.2. The van der Waals surface area contributed by atoms with Crippen molar-refractivity contribution in [1.82, 2.24) is 19.5 Å². The summed E-state index contributed by atoms with van der Waals surface area (Å²) in [5.41, 5.74) is 10.2. The molecule has 0 aliphatic rings. The Bertz CT molecular complexity index is 3130. The second-order valence-corrected chi connectivity index (χ2v) is 13.2. The maximum absolute atomic E-state index is 6.88. The Hall–Kier alpha value is -7.05. The van der Waals surface area contributed by atoms with Crippen LogP contribution in [-0.4, -0.2) is 19.5 Å². The highest BCUT2D eigenvalue weighted by atomic mass is 16.3. The molecule has 6 heteroatoms. The first-order valence-corrected chi connectivity index (χ1v) is 17.4. The summed E-state index contributed by atoms with van der Waals surface area (Å²) in [4.78, 5) is 15.3. The average molecular weight is 669 g/mol. The van der Waals surface area contributed by atoms with Gasteiger partial charge < -0.3 is 13.4 Å². The monoisotopic (exact) mass is 668 g/mol. The van der Waals surface area contributed by atoms with E-state index >= 15 is 0 Å². The molecule has 4 heterocycles. The van der Waals surface area contributed by atoms with Gasteiger partial charge in [0.1, 0.15) is 16.7 Å². The summed E-state index contributed by atoms with van der Waals surface area (Å²) in [5.74, 6) is 1.84. The fraction of sp³-hybridized carbons (Fsp3) is 0.0217. The number of aromatic nitrogens is 4. The number of furan rings is 2. The van der Waals surface area contributed by atoms with Crippen LogP contribution in [0.25, 0.3) is 106 Å². The summed E-state index contributed by atoms with van der Waals surface area (Å²) in [5, 5.41) is 6.49. The van der Waals surface area contributed by atoms with Crippen molar-refractivity contribution in [2.24, 2.45) is 0 Å². The topological polar surface area (TPSA) is 69.9 Å². The van der Waals surface area contributed by atoms with E-state index in [1.54, 1.807) is 0 Å². The third-order valence-electron chi connectivity index (χ3n) is 10.2. The molecule has 0 aliphatic heterocycles. The standard InChI is InChI=1S/C46H28N4O2/c1-27-26-35(50-33-21-11-8-18-30(33)40-34(50)24-25-38-41(40)31-19-9-12-22-36(31)51-38)43-42(32-20-10-13-23-37(32)52-43)39(27)46-48-44(28-14-4-2-5-15-28)47-45(49-46)29-16-6-3-7-17-29/h2-26H,1H3. The Kier molecular flexibility index (Phi) is 6.07. The molecule has 0 amide bonds. The van der Waals surface area contributed by atoms with Gasteiger partial charge in [-0.2, -0.15) is 0 Å². The van der Waals surface area contributed by atoms with Gasteiger partial charge in [-0.25, -0.2) is 15.0 Å². The lowest BCUT2D eigenvalue weighted by Gasteiger charge is -2.15. The van der Waals surface area contributed by atoms with Crippen molar-refractivity contribution in [3.05, 3.63) is 157 Å². The van der Waals surface area contributed by atoms with E-state index in [0.717, 1.165) is 93.6 Å². The van der Waals surface area contributed by atoms with Gasteiger partial charge in [-0.15, -0.1) is 0 Å². The molecule has 0 aliphatic carbocycles. The Balaban J connectivity index is 1.26. The molecule has 0 saturated carbocycles. The molecule has 6 nitrogen and oxygen atoms in total. The number of fused-ring (bicyclic) bond motifs is 10. The van der Waals surface area contributed by atoms with Gasteiger partial charge in [0.05, 0.1) is 16.7 Å². The molecule has 11 aromatic rings. The van der Waals surface area contributed by atoms with Crippen LogP contribution >= 0.6 is 0 Å². The minimum atomic E-state index is 0.599. The Labute approximate surface area is 297 Å². The first-order valence-electron chi connectivity index (χ1n) is 17.4. The van der Waals surface area contributed by atoms with Crippen LogP contribution in [-0.2, 0) is 0 Å². The van der Waals surface area contributed by atoms with Gasteiger partial charge in [0, 0.05) is 49.0 Å². The van der Waals surface area contributed by atoms with E-state index in [-0.39, 0.29) is 0 Å². The molecule has 0 bridgehead atoms. The number of nitrogens with zero attached hydrogens (tertiary/aromatic N) is 4. The lowest BCUT2D eigenvalue weighted by Crippen LogP contribution is -2.03. The Morgan fingerprint density at radius 3 is 1.69 bits per heavy atom. The average Bonchev–Trinajstić information content (AvgIpc) is 3.88. The summed E-state index contributed by atoms with van der Waals surface area (Å²) in [6, 6.07) is 51.8. The van der Waals surface area contributed by atoms with Gasteiger partial charge in [-0.3, -0.25) is 0 Å². The van der Waals surface area contributed by atoms with Crippen LogP contribution in [0.2, 0.25) is 0 Å². The molecule has 0 radical (unpaired) electrons. The van der Waals surface area contributed by atoms with Gasteiger partial charge in [-0.1, -0.05) is 115 Å². The van der Waals surface area contributed by atoms with Crippen LogP contribution < -0.4 is 0 Å². The summed E-state index contributed by atoms with van der Waals surface area (Å²) < 4.78 is 15.6. The smallest absolute Gasteiger partial charge is 0.165 e. The van der Waals surface area contributed by atoms with E-state index in [2.05, 4.69) is 78.2 Å². The maximum atomic E-state index is 6.88. The van der Waals surface area contributed by atoms with E-state index in [0.29, 0.717) is 17.5 Å². The Morgan fingerprint density at radius 2 is 1.00 bits per heavy atom. The third kappa shape index (κ3) is 4.15. The van der Waals surface area contributed by atoms with Crippen molar-refractivity contribution in [3.63, 3.8) is 0 Å². The molecular formula is C46H28N4O2. The van der Waals surface area contributed by atoms with Crippen molar-refractivity contribution in [2.45, 2.75) is 6.92 Å². The maximum Gasteiger partial charge on any atom is 0.165 e. The Morgan fingerprint density at radius 1 is 0.442 bits per heavy atom. The normalized spacial score (nSPS) is 11.9. The fourth-order valence-electron chi connectivity index (χ4n) is 7.92. The first-order chi connectivity index (χ1) is 25.7. The molecule has 0 saturated heterocycles. The SMILES string of the molecule is Cc1cc(-n2c3ccccc3c3c4c(ccc32)oc2ccccc24)c2oc3ccccc3c2c1-c1nc(-c2ccccc2)nc(-c2ccccc2)n1. The molecule has 7 aromatic carbocycles. The van der Waals surface area contributed by atoms with Gasteiger partial charge in [0.2, 0.25) is 0 Å². The zero-order valence-corrected chi connectivity index (χ0v) is 28.0. The highest BCUT2D eigenvalue weighted by Gasteiger charge is 2.26. The minimum absolute atomic E-state index is 0.599. The molecule has 244 valence electrons. The lowest BCUT2D eigenvalue weighted by atomic mass is 9.99. The van der Waals surface area contributed by atoms with Gasteiger partial charge in [0.15, 0.2) is 23.1 Å². The number of benzene rings is 7. The summed E-state index contributed by atoms with van der Waals surface area (Å²) in [6.45, 7) is 2.14. The van der Waals surface area contributed by atoms with Gasteiger partial charge >= 0.3 is 0 Å². The van der Waals surface area contributed by atoms with Crippen LogP contribution in [0, 0.1) is 6.92 Å². The second kappa shape index (κ2) is 11.0. The van der Waals surface area contributed by atoms with Crippen LogP contribution in [0.3, 0.4) is 0 Å². The van der Waals surface area contributed by atoms with Crippen molar-refractivity contribution in [1.29, 1.82) is 0 Å². The summed E-state index contributed by atoms with van der Waals surface area (Å²) >= 11 is 0. The molecule has 0 spiro atoms. The summed E-state index contributed by atoms with van der Waals surface area (Å²) in [7, 11) is 0. The van der Waals surface area contributed by atoms with Crippen molar-refractivity contribution in [2.75, 3.05) is 0 Å².